The highest BCUT2D eigenvalue weighted by molar-refractivity contribution is 7.34. The number of rotatable bonds is 3. The van der Waals surface area contributed by atoms with E-state index in [2.05, 4.69) is 11.3 Å². The summed E-state index contributed by atoms with van der Waals surface area (Å²) >= 11 is 0. The second kappa shape index (κ2) is 4.75. The van der Waals surface area contributed by atoms with E-state index in [0.717, 1.165) is 30.6 Å². The van der Waals surface area contributed by atoms with Crippen LogP contribution in [0.3, 0.4) is 0 Å². The van der Waals surface area contributed by atoms with E-state index in [0.29, 0.717) is 8.73 Å². The van der Waals surface area contributed by atoms with E-state index in [1.165, 1.54) is 12.1 Å². The van der Waals surface area contributed by atoms with Crippen LogP contribution in [0.1, 0.15) is 29.4 Å². The molecule has 2 aliphatic rings. The van der Waals surface area contributed by atoms with Gasteiger partial charge in [-0.05, 0) is 36.0 Å². The lowest BCUT2D eigenvalue weighted by atomic mass is 9.98. The van der Waals surface area contributed by atoms with Gasteiger partial charge >= 0.3 is 11.4 Å². The zero-order valence-corrected chi connectivity index (χ0v) is 11.9. The SMILES string of the molecule is CPN1CC2CC(C1)c1cc([N+](=O)[O-])c([N+](=O)[O-])cc12. The van der Waals surface area contributed by atoms with Gasteiger partial charge in [-0.1, -0.05) is 8.73 Å². The quantitative estimate of drug-likeness (QED) is 0.485. The van der Waals surface area contributed by atoms with Crippen LogP contribution in [0.2, 0.25) is 0 Å². The standard InChI is InChI=1S/C12H14N3O4P/c1-20-13-5-7-2-8(6-13)10-4-12(15(18)19)11(14(16)17)3-9(7)10/h3-4,7-8,20H,2,5-6H2,1H3. The topological polar surface area (TPSA) is 89.5 Å². The number of nitro benzene ring substituents is 2. The summed E-state index contributed by atoms with van der Waals surface area (Å²) in [6, 6.07) is 2.86. The van der Waals surface area contributed by atoms with E-state index in [1.807, 2.05) is 0 Å². The van der Waals surface area contributed by atoms with Gasteiger partial charge in [0.15, 0.2) is 0 Å². The lowest BCUT2D eigenvalue weighted by Crippen LogP contribution is -2.28. The van der Waals surface area contributed by atoms with Crippen molar-refractivity contribution in [1.82, 2.24) is 4.67 Å². The lowest BCUT2D eigenvalue weighted by molar-refractivity contribution is -0.422. The molecular weight excluding hydrogens is 281 g/mol. The van der Waals surface area contributed by atoms with Crippen molar-refractivity contribution in [1.29, 1.82) is 0 Å². The van der Waals surface area contributed by atoms with Gasteiger partial charge in [0.05, 0.1) is 9.85 Å². The summed E-state index contributed by atoms with van der Waals surface area (Å²) in [7, 11) is 0.697. The molecule has 2 bridgehead atoms. The van der Waals surface area contributed by atoms with Crippen molar-refractivity contribution >= 4 is 20.1 Å². The van der Waals surface area contributed by atoms with Gasteiger partial charge in [-0.3, -0.25) is 24.9 Å². The summed E-state index contributed by atoms with van der Waals surface area (Å²) in [6.07, 6.45) is 0.953. The number of nitrogens with zero attached hydrogens (tertiary/aromatic N) is 3. The third-order valence-electron chi connectivity index (χ3n) is 4.22. The molecule has 1 aromatic carbocycles. The lowest BCUT2D eigenvalue weighted by Gasteiger charge is -2.30. The maximum atomic E-state index is 11.0. The Morgan fingerprint density at radius 1 is 1.10 bits per heavy atom. The smallest absolute Gasteiger partial charge is 0.284 e. The Morgan fingerprint density at radius 3 is 1.90 bits per heavy atom. The molecule has 0 N–H and O–H groups in total. The number of nitro groups is 2. The van der Waals surface area contributed by atoms with E-state index < -0.39 is 9.85 Å². The van der Waals surface area contributed by atoms with Crippen LogP contribution in [0.5, 0.6) is 0 Å². The van der Waals surface area contributed by atoms with E-state index in [-0.39, 0.29) is 23.2 Å². The van der Waals surface area contributed by atoms with Crippen LogP contribution in [0.15, 0.2) is 12.1 Å². The van der Waals surface area contributed by atoms with Crippen LogP contribution in [-0.4, -0.2) is 34.3 Å². The highest BCUT2D eigenvalue weighted by Crippen LogP contribution is 2.50. The molecule has 0 spiro atoms. The minimum Gasteiger partial charge on any atom is -0.284 e. The Balaban J connectivity index is 2.11. The van der Waals surface area contributed by atoms with Crippen LogP contribution in [-0.2, 0) is 0 Å². The normalized spacial score (nSPS) is 25.1. The molecule has 1 heterocycles. The molecule has 20 heavy (non-hydrogen) atoms. The average Bonchev–Trinajstić information content (AvgIpc) is 2.68. The summed E-state index contributed by atoms with van der Waals surface area (Å²) in [4.78, 5) is 20.8. The highest BCUT2D eigenvalue weighted by atomic mass is 31.1. The maximum absolute atomic E-state index is 11.0. The second-order valence-electron chi connectivity index (χ2n) is 5.24. The Bertz CT molecular complexity index is 558. The molecule has 1 aliphatic heterocycles. The van der Waals surface area contributed by atoms with Gasteiger partial charge in [0.25, 0.3) is 0 Å². The maximum Gasteiger partial charge on any atom is 0.346 e. The molecule has 0 saturated carbocycles. The molecule has 106 valence electrons. The summed E-state index contributed by atoms with van der Waals surface area (Å²) < 4.78 is 2.33. The molecular formula is C12H14N3O4P. The fourth-order valence-electron chi connectivity index (χ4n) is 3.34. The number of fused-ring (bicyclic) bond motifs is 5. The zero-order chi connectivity index (χ0) is 14.4. The van der Waals surface area contributed by atoms with Crippen LogP contribution < -0.4 is 0 Å². The first-order valence-electron chi connectivity index (χ1n) is 6.40. The van der Waals surface area contributed by atoms with Crippen LogP contribution in [0, 0.1) is 20.2 Å². The van der Waals surface area contributed by atoms with Crippen molar-refractivity contribution in [2.75, 3.05) is 19.8 Å². The molecule has 1 fully saturated rings. The van der Waals surface area contributed by atoms with Crippen molar-refractivity contribution in [2.45, 2.75) is 18.3 Å². The van der Waals surface area contributed by atoms with E-state index >= 15 is 0 Å². The van der Waals surface area contributed by atoms with Gasteiger partial charge in [-0.15, -0.1) is 0 Å². The third-order valence-corrected chi connectivity index (χ3v) is 5.22. The predicted molar refractivity (Wildman–Crippen MR) is 75.7 cm³/mol. The van der Waals surface area contributed by atoms with Crippen LogP contribution in [0.4, 0.5) is 11.4 Å². The summed E-state index contributed by atoms with van der Waals surface area (Å²) in [5, 5.41) is 22.1. The largest absolute Gasteiger partial charge is 0.346 e. The molecule has 1 aromatic rings. The van der Waals surface area contributed by atoms with Crippen molar-refractivity contribution in [3.05, 3.63) is 43.5 Å². The van der Waals surface area contributed by atoms with E-state index in [9.17, 15) is 20.2 Å². The second-order valence-corrected chi connectivity index (χ2v) is 6.32. The zero-order valence-electron chi connectivity index (χ0n) is 10.9. The minimum absolute atomic E-state index is 0.274. The van der Waals surface area contributed by atoms with Gasteiger partial charge in [0.1, 0.15) is 0 Å². The minimum atomic E-state index is -0.653. The number of hydrogen-bond acceptors (Lipinski definition) is 5. The molecule has 0 radical (unpaired) electrons. The van der Waals surface area contributed by atoms with Gasteiger partial charge in [-0.2, -0.15) is 0 Å². The number of benzene rings is 1. The molecule has 3 rings (SSSR count). The molecule has 3 unspecified atom stereocenters. The molecule has 0 amide bonds. The summed E-state index contributed by atoms with van der Waals surface area (Å²) in [6.45, 7) is 3.90. The highest BCUT2D eigenvalue weighted by Gasteiger charge is 2.41. The number of piperidine rings is 1. The van der Waals surface area contributed by atoms with Crippen molar-refractivity contribution in [3.63, 3.8) is 0 Å². The Hall–Kier alpha value is -1.59. The molecule has 1 aliphatic carbocycles. The Morgan fingerprint density at radius 2 is 1.55 bits per heavy atom. The van der Waals surface area contributed by atoms with Crippen molar-refractivity contribution in [2.24, 2.45) is 0 Å². The van der Waals surface area contributed by atoms with E-state index in [4.69, 9.17) is 0 Å². The van der Waals surface area contributed by atoms with Gasteiger partial charge < -0.3 is 0 Å². The Kier molecular flexibility index (Phi) is 3.18. The van der Waals surface area contributed by atoms with Crippen LogP contribution in [0.25, 0.3) is 0 Å². The first kappa shape index (κ1) is 13.4. The third kappa shape index (κ3) is 1.98. The molecule has 1 saturated heterocycles. The predicted octanol–water partition coefficient (Wildman–Crippen LogP) is 2.61. The van der Waals surface area contributed by atoms with Crippen molar-refractivity contribution in [3.8, 4) is 0 Å². The van der Waals surface area contributed by atoms with Gasteiger partial charge in [0.2, 0.25) is 0 Å². The van der Waals surface area contributed by atoms with Gasteiger partial charge in [0, 0.05) is 25.2 Å². The monoisotopic (exact) mass is 295 g/mol. The van der Waals surface area contributed by atoms with Gasteiger partial charge in [-0.25, -0.2) is 0 Å². The first-order valence-corrected chi connectivity index (χ1v) is 7.85. The van der Waals surface area contributed by atoms with E-state index in [1.54, 1.807) is 0 Å². The molecule has 3 atom stereocenters. The molecule has 8 heteroatoms. The number of hydrogen-bond donors (Lipinski definition) is 0. The van der Waals surface area contributed by atoms with Crippen LogP contribution >= 0.6 is 8.73 Å². The Labute approximate surface area is 117 Å². The van der Waals surface area contributed by atoms with Crippen molar-refractivity contribution < 1.29 is 9.85 Å². The summed E-state index contributed by atoms with van der Waals surface area (Å²) in [5.41, 5.74) is 1.11. The fraction of sp³-hybridized carbons (Fsp3) is 0.500. The first-order chi connectivity index (χ1) is 9.51. The average molecular weight is 295 g/mol. The molecule has 7 nitrogen and oxygen atoms in total. The summed E-state index contributed by atoms with van der Waals surface area (Å²) in [5.74, 6) is 0.548. The fourth-order valence-corrected chi connectivity index (χ4v) is 4.15. The molecule has 0 aromatic heterocycles.